The molecule has 0 saturated carbocycles. The number of aryl methyl sites for hydroxylation is 1. The lowest BCUT2D eigenvalue weighted by Crippen LogP contribution is -2.56. The Labute approximate surface area is 250 Å². The second kappa shape index (κ2) is 11.5. The van der Waals surface area contributed by atoms with Crippen molar-refractivity contribution in [2.75, 3.05) is 11.9 Å². The lowest BCUT2D eigenvalue weighted by molar-refractivity contribution is -0.144. The van der Waals surface area contributed by atoms with Crippen LogP contribution in [0.25, 0.3) is 0 Å². The molecule has 1 spiro atoms. The van der Waals surface area contributed by atoms with Gasteiger partial charge in [-0.1, -0.05) is 84.4 Å². The number of ether oxygens (including phenoxy) is 1. The third-order valence-corrected chi connectivity index (χ3v) is 9.30. The van der Waals surface area contributed by atoms with Crippen LogP contribution >= 0.6 is 11.6 Å². The Bertz CT molecular complexity index is 1470. The minimum absolute atomic E-state index is 0.268. The second-order valence-corrected chi connectivity index (χ2v) is 11.9. The number of nitrogens with zero attached hydrogens (tertiary/aromatic N) is 1. The second-order valence-electron chi connectivity index (χ2n) is 11.5. The molecule has 218 valence electrons. The molecule has 3 aromatic carbocycles. The van der Waals surface area contributed by atoms with Crippen LogP contribution in [-0.2, 0) is 32.1 Å². The molecule has 42 heavy (non-hydrogen) atoms. The number of carbonyl (C=O) groups excluding carboxylic acids is 3. The van der Waals surface area contributed by atoms with E-state index in [9.17, 15) is 19.5 Å². The summed E-state index contributed by atoms with van der Waals surface area (Å²) in [6, 6.07) is 22.7. The summed E-state index contributed by atoms with van der Waals surface area (Å²) in [4.78, 5) is 43.8. The van der Waals surface area contributed by atoms with Gasteiger partial charge < -0.3 is 25.4 Å². The zero-order valence-corrected chi connectivity index (χ0v) is 24.1. The SMILES string of the molecule is Cc1cccc(Cl)c1NC(=O)C1N([C@@H](CO)Cc2ccccc2)C(=O)[C@@H]2[C@H](C(=O)NCc3ccccc3)[C@@H]3CCC12O3. The van der Waals surface area contributed by atoms with Crippen molar-refractivity contribution in [2.45, 2.75) is 56.5 Å². The number of likely N-dealkylation sites (tertiary alicyclic amines) is 1. The summed E-state index contributed by atoms with van der Waals surface area (Å²) in [5.74, 6) is -2.65. The predicted molar refractivity (Wildman–Crippen MR) is 159 cm³/mol. The summed E-state index contributed by atoms with van der Waals surface area (Å²) < 4.78 is 6.55. The number of hydrogen-bond acceptors (Lipinski definition) is 5. The molecule has 0 radical (unpaired) electrons. The fourth-order valence-electron chi connectivity index (χ4n) is 7.11. The molecular formula is C33H34ClN3O5. The summed E-state index contributed by atoms with van der Waals surface area (Å²) in [7, 11) is 0. The molecule has 2 unspecified atom stereocenters. The number of rotatable bonds is 9. The Kier molecular flexibility index (Phi) is 7.79. The largest absolute Gasteiger partial charge is 0.394 e. The Hall–Kier alpha value is -3.72. The van der Waals surface area contributed by atoms with Gasteiger partial charge in [0.2, 0.25) is 17.7 Å². The number of carbonyl (C=O) groups is 3. The highest BCUT2D eigenvalue weighted by Gasteiger charge is 2.75. The number of nitrogens with one attached hydrogen (secondary N) is 2. The maximum atomic E-state index is 14.4. The maximum absolute atomic E-state index is 14.4. The van der Waals surface area contributed by atoms with E-state index in [1.54, 1.807) is 12.1 Å². The van der Waals surface area contributed by atoms with Gasteiger partial charge in [-0.05, 0) is 48.9 Å². The van der Waals surface area contributed by atoms with Gasteiger partial charge in [-0.15, -0.1) is 0 Å². The summed E-state index contributed by atoms with van der Waals surface area (Å²) in [6.45, 7) is 1.81. The number of fused-ring (bicyclic) bond motifs is 1. The van der Waals surface area contributed by atoms with Gasteiger partial charge in [0.25, 0.3) is 0 Å². The van der Waals surface area contributed by atoms with Crippen LogP contribution in [0.1, 0.15) is 29.5 Å². The van der Waals surface area contributed by atoms with Crippen LogP contribution in [0.3, 0.4) is 0 Å². The molecule has 3 fully saturated rings. The molecule has 3 N–H and O–H groups in total. The molecule has 3 heterocycles. The Morgan fingerprint density at radius 2 is 1.71 bits per heavy atom. The average Bonchev–Trinajstić information content (AvgIpc) is 3.65. The summed E-state index contributed by atoms with van der Waals surface area (Å²) in [5.41, 5.74) is 1.91. The van der Waals surface area contributed by atoms with E-state index in [0.717, 1.165) is 16.7 Å². The zero-order chi connectivity index (χ0) is 29.4. The van der Waals surface area contributed by atoms with Crippen LogP contribution in [-0.4, -0.2) is 58.1 Å². The molecule has 3 amide bonds. The summed E-state index contributed by atoms with van der Waals surface area (Å²) >= 11 is 6.46. The van der Waals surface area contributed by atoms with Gasteiger partial charge in [0.1, 0.15) is 11.6 Å². The van der Waals surface area contributed by atoms with Crippen molar-refractivity contribution in [3.05, 3.63) is 101 Å². The van der Waals surface area contributed by atoms with Crippen molar-refractivity contribution in [1.29, 1.82) is 0 Å². The monoisotopic (exact) mass is 587 g/mol. The molecule has 0 aliphatic carbocycles. The molecule has 3 saturated heterocycles. The predicted octanol–water partition coefficient (Wildman–Crippen LogP) is 3.88. The van der Waals surface area contributed by atoms with Crippen molar-refractivity contribution < 1.29 is 24.2 Å². The molecule has 9 heteroatoms. The van der Waals surface area contributed by atoms with Crippen LogP contribution < -0.4 is 10.6 Å². The Morgan fingerprint density at radius 3 is 2.38 bits per heavy atom. The van der Waals surface area contributed by atoms with Gasteiger partial charge in [-0.25, -0.2) is 0 Å². The fourth-order valence-corrected chi connectivity index (χ4v) is 7.37. The van der Waals surface area contributed by atoms with E-state index in [4.69, 9.17) is 16.3 Å². The van der Waals surface area contributed by atoms with Gasteiger partial charge in [0.05, 0.1) is 41.3 Å². The first kappa shape index (κ1) is 28.4. The Morgan fingerprint density at radius 1 is 1.02 bits per heavy atom. The number of aliphatic hydroxyl groups excluding tert-OH is 1. The maximum Gasteiger partial charge on any atom is 0.250 e. The van der Waals surface area contributed by atoms with Crippen LogP contribution in [0.4, 0.5) is 5.69 Å². The fraction of sp³-hybridized carbons (Fsp3) is 0.364. The first-order valence-electron chi connectivity index (χ1n) is 14.4. The highest BCUT2D eigenvalue weighted by Crippen LogP contribution is 2.59. The highest BCUT2D eigenvalue weighted by molar-refractivity contribution is 6.34. The van der Waals surface area contributed by atoms with Crippen LogP contribution in [0.15, 0.2) is 78.9 Å². The van der Waals surface area contributed by atoms with Crippen LogP contribution in [0.2, 0.25) is 5.02 Å². The van der Waals surface area contributed by atoms with E-state index >= 15 is 0 Å². The van der Waals surface area contributed by atoms with Gasteiger partial charge in [0.15, 0.2) is 0 Å². The minimum atomic E-state index is -1.19. The number of benzene rings is 3. The molecule has 0 aromatic heterocycles. The van der Waals surface area contributed by atoms with Gasteiger partial charge in [-0.3, -0.25) is 14.4 Å². The number of amides is 3. The minimum Gasteiger partial charge on any atom is -0.394 e. The van der Waals surface area contributed by atoms with Crippen molar-refractivity contribution >= 4 is 35.0 Å². The van der Waals surface area contributed by atoms with Crippen molar-refractivity contribution in [3.8, 4) is 0 Å². The molecule has 6 atom stereocenters. The Balaban J connectivity index is 1.35. The first-order valence-corrected chi connectivity index (χ1v) is 14.7. The van der Waals surface area contributed by atoms with Crippen molar-refractivity contribution in [3.63, 3.8) is 0 Å². The zero-order valence-electron chi connectivity index (χ0n) is 23.3. The molecule has 3 aromatic rings. The quantitative estimate of drug-likeness (QED) is 0.352. The third-order valence-electron chi connectivity index (χ3n) is 8.99. The third kappa shape index (κ3) is 4.87. The number of hydrogen-bond donors (Lipinski definition) is 3. The molecule has 8 nitrogen and oxygen atoms in total. The molecule has 3 aliphatic rings. The van der Waals surface area contributed by atoms with E-state index in [-0.39, 0.29) is 18.4 Å². The highest BCUT2D eigenvalue weighted by atomic mass is 35.5. The lowest BCUT2D eigenvalue weighted by atomic mass is 9.70. The van der Waals surface area contributed by atoms with Gasteiger partial charge in [0, 0.05) is 6.54 Å². The molecule has 2 bridgehead atoms. The normalized spacial score (nSPS) is 26.6. The van der Waals surface area contributed by atoms with E-state index in [2.05, 4.69) is 10.6 Å². The van der Waals surface area contributed by atoms with Crippen molar-refractivity contribution in [2.24, 2.45) is 11.8 Å². The summed E-state index contributed by atoms with van der Waals surface area (Å²) in [5, 5.41) is 16.9. The van der Waals surface area contributed by atoms with Crippen LogP contribution in [0.5, 0.6) is 0 Å². The molecule has 6 rings (SSSR count). The van der Waals surface area contributed by atoms with E-state index in [1.165, 1.54) is 4.90 Å². The smallest absolute Gasteiger partial charge is 0.250 e. The topological polar surface area (TPSA) is 108 Å². The number of halogens is 1. The lowest BCUT2D eigenvalue weighted by Gasteiger charge is -2.37. The van der Waals surface area contributed by atoms with Gasteiger partial charge >= 0.3 is 0 Å². The van der Waals surface area contributed by atoms with Gasteiger partial charge in [-0.2, -0.15) is 0 Å². The standard InChI is InChI=1S/C33H34ClN3O5/c1-20-9-8-14-24(34)28(20)36-31(40)29-33-16-15-25(42-33)26(30(39)35-18-22-12-6-3-7-13-22)27(33)32(41)37(29)23(19-38)17-21-10-4-2-5-11-21/h2-14,23,25-27,29,38H,15-19H2,1H3,(H,35,39)(H,36,40)/t23-,25+,26-,27+,29?,33?/m1/s1. The van der Waals surface area contributed by atoms with E-state index in [0.29, 0.717) is 36.5 Å². The van der Waals surface area contributed by atoms with Crippen LogP contribution in [0, 0.1) is 18.8 Å². The first-order chi connectivity index (χ1) is 20.3. The number of para-hydroxylation sites is 1. The molecule has 3 aliphatic heterocycles. The molecular weight excluding hydrogens is 554 g/mol. The number of aliphatic hydroxyl groups is 1. The average molecular weight is 588 g/mol. The number of anilines is 1. The van der Waals surface area contributed by atoms with Crippen molar-refractivity contribution in [1.82, 2.24) is 10.2 Å². The van der Waals surface area contributed by atoms with E-state index < -0.39 is 41.5 Å². The van der Waals surface area contributed by atoms with E-state index in [1.807, 2.05) is 73.7 Å². The summed E-state index contributed by atoms with van der Waals surface area (Å²) in [6.07, 6.45) is 0.875.